The van der Waals surface area contributed by atoms with Gasteiger partial charge in [0.15, 0.2) is 5.69 Å². The van der Waals surface area contributed by atoms with Crippen LogP contribution in [0.15, 0.2) is 29.4 Å². The van der Waals surface area contributed by atoms with Crippen molar-refractivity contribution >= 4 is 23.7 Å². The molecule has 0 spiro atoms. The van der Waals surface area contributed by atoms with E-state index in [2.05, 4.69) is 20.1 Å². The van der Waals surface area contributed by atoms with Crippen molar-refractivity contribution in [3.63, 3.8) is 0 Å². The Morgan fingerprint density at radius 1 is 1.50 bits per heavy atom. The summed E-state index contributed by atoms with van der Waals surface area (Å²) in [5.41, 5.74) is 2.79. The van der Waals surface area contributed by atoms with E-state index in [-0.39, 0.29) is 5.69 Å². The number of nitrogens with one attached hydrogen (secondary N) is 1. The third-order valence-electron chi connectivity index (χ3n) is 2.14. The van der Waals surface area contributed by atoms with E-state index in [0.717, 1.165) is 11.5 Å². The second kappa shape index (κ2) is 5.46. The van der Waals surface area contributed by atoms with E-state index in [9.17, 15) is 9.18 Å². The van der Waals surface area contributed by atoms with Gasteiger partial charge in [0.25, 0.3) is 5.91 Å². The van der Waals surface area contributed by atoms with Crippen molar-refractivity contribution in [1.82, 2.24) is 15.0 Å². The summed E-state index contributed by atoms with van der Waals surface area (Å²) in [4.78, 5) is 12.3. The molecule has 0 saturated carbocycles. The maximum Gasteiger partial charge on any atom is 0.293 e. The summed E-state index contributed by atoms with van der Waals surface area (Å²) < 4.78 is 16.9. The molecule has 0 radical (unpaired) electrons. The highest BCUT2D eigenvalue weighted by Gasteiger charge is 2.11. The summed E-state index contributed by atoms with van der Waals surface area (Å²) in [5.74, 6) is -0.865. The molecule has 1 heterocycles. The van der Waals surface area contributed by atoms with Crippen molar-refractivity contribution in [2.75, 3.05) is 0 Å². The molecule has 7 heteroatoms. The van der Waals surface area contributed by atoms with E-state index in [1.165, 1.54) is 12.3 Å². The van der Waals surface area contributed by atoms with Crippen LogP contribution in [-0.2, 0) is 0 Å². The first-order valence-electron chi connectivity index (χ1n) is 5.05. The number of carbonyl (C=O) groups is 1. The lowest BCUT2D eigenvalue weighted by Gasteiger charge is -1.97. The third kappa shape index (κ3) is 2.75. The number of hydrogen-bond donors (Lipinski definition) is 1. The number of benzene rings is 1. The van der Waals surface area contributed by atoms with Crippen LogP contribution in [0.2, 0.25) is 0 Å². The molecular formula is C11H9FN4OS. The Morgan fingerprint density at radius 3 is 2.94 bits per heavy atom. The molecule has 1 aromatic carbocycles. The van der Waals surface area contributed by atoms with Crippen molar-refractivity contribution in [2.24, 2.45) is 5.10 Å². The summed E-state index contributed by atoms with van der Waals surface area (Å²) in [6.45, 7) is 1.74. The Labute approximate surface area is 107 Å². The summed E-state index contributed by atoms with van der Waals surface area (Å²) >= 11 is 1.13. The second-order valence-electron chi connectivity index (χ2n) is 3.40. The zero-order chi connectivity index (χ0) is 13.0. The van der Waals surface area contributed by atoms with Crippen molar-refractivity contribution in [3.8, 4) is 0 Å². The lowest BCUT2D eigenvalue weighted by atomic mass is 10.2. The van der Waals surface area contributed by atoms with E-state index < -0.39 is 11.7 Å². The van der Waals surface area contributed by atoms with Crippen LogP contribution in [0.4, 0.5) is 4.39 Å². The molecule has 0 aliphatic rings. The number of hydrazone groups is 1. The maximum absolute atomic E-state index is 13.2. The topological polar surface area (TPSA) is 67.2 Å². The van der Waals surface area contributed by atoms with Gasteiger partial charge < -0.3 is 0 Å². The molecule has 2 rings (SSSR count). The first-order chi connectivity index (χ1) is 8.68. The van der Waals surface area contributed by atoms with E-state index in [0.29, 0.717) is 10.4 Å². The molecule has 0 unspecified atom stereocenters. The van der Waals surface area contributed by atoms with Crippen LogP contribution in [-0.4, -0.2) is 21.7 Å². The molecule has 0 saturated heterocycles. The molecule has 0 bridgehead atoms. The highest BCUT2D eigenvalue weighted by molar-refractivity contribution is 7.05. The Balaban J connectivity index is 2.03. The molecule has 92 valence electrons. The molecule has 2 aromatic rings. The number of aryl methyl sites for hydroxylation is 1. The van der Waals surface area contributed by atoms with Crippen LogP contribution in [0.1, 0.15) is 20.9 Å². The van der Waals surface area contributed by atoms with Gasteiger partial charge in [-0.15, -0.1) is 5.10 Å². The first kappa shape index (κ1) is 12.3. The highest BCUT2D eigenvalue weighted by atomic mass is 32.1. The van der Waals surface area contributed by atoms with Gasteiger partial charge in [-0.3, -0.25) is 4.79 Å². The molecular weight excluding hydrogens is 255 g/mol. The lowest BCUT2D eigenvalue weighted by Crippen LogP contribution is -2.19. The smallest absolute Gasteiger partial charge is 0.265 e. The van der Waals surface area contributed by atoms with Crippen molar-refractivity contribution in [3.05, 3.63) is 46.2 Å². The molecule has 1 aromatic heterocycles. The monoisotopic (exact) mass is 264 g/mol. The van der Waals surface area contributed by atoms with Crippen LogP contribution in [0.5, 0.6) is 0 Å². The molecule has 18 heavy (non-hydrogen) atoms. The molecule has 0 aliphatic heterocycles. The highest BCUT2D eigenvalue weighted by Crippen LogP contribution is 2.07. The fraction of sp³-hybridized carbons (Fsp3) is 0.0909. The van der Waals surface area contributed by atoms with Gasteiger partial charge in [0, 0.05) is 5.56 Å². The zero-order valence-corrected chi connectivity index (χ0v) is 10.2. The Bertz CT molecular complexity index is 596. The molecule has 0 fully saturated rings. The van der Waals surface area contributed by atoms with E-state index >= 15 is 0 Å². The number of halogens is 1. The van der Waals surface area contributed by atoms with Crippen LogP contribution in [0, 0.1) is 12.7 Å². The van der Waals surface area contributed by atoms with E-state index in [1.54, 1.807) is 25.1 Å². The van der Waals surface area contributed by atoms with Gasteiger partial charge in [-0.2, -0.15) is 5.10 Å². The number of aromatic nitrogens is 2. The van der Waals surface area contributed by atoms with Crippen LogP contribution in [0.25, 0.3) is 0 Å². The van der Waals surface area contributed by atoms with Crippen LogP contribution >= 0.6 is 11.5 Å². The molecule has 1 N–H and O–H groups in total. The normalized spacial score (nSPS) is 10.8. The van der Waals surface area contributed by atoms with Gasteiger partial charge >= 0.3 is 0 Å². The molecule has 5 nitrogen and oxygen atoms in total. The zero-order valence-electron chi connectivity index (χ0n) is 9.42. The largest absolute Gasteiger partial charge is 0.293 e. The first-order valence-corrected chi connectivity index (χ1v) is 5.82. The minimum absolute atomic E-state index is 0.227. The fourth-order valence-corrected chi connectivity index (χ4v) is 1.70. The van der Waals surface area contributed by atoms with Gasteiger partial charge in [-0.25, -0.2) is 9.82 Å². The summed E-state index contributed by atoms with van der Waals surface area (Å²) in [6.07, 6.45) is 1.24. The Kier molecular flexibility index (Phi) is 3.73. The van der Waals surface area contributed by atoms with Gasteiger partial charge in [0.2, 0.25) is 0 Å². The van der Waals surface area contributed by atoms with Crippen molar-refractivity contribution < 1.29 is 9.18 Å². The molecule has 0 atom stereocenters. The third-order valence-corrected chi connectivity index (χ3v) is 2.77. The van der Waals surface area contributed by atoms with Crippen LogP contribution in [0.3, 0.4) is 0 Å². The summed E-state index contributed by atoms with van der Waals surface area (Å²) in [6, 6.07) is 6.13. The number of carbonyl (C=O) groups excluding carboxylic acids is 1. The summed E-state index contributed by atoms with van der Waals surface area (Å²) in [5, 5.41) is 7.34. The Morgan fingerprint density at radius 2 is 2.28 bits per heavy atom. The predicted octanol–water partition coefficient (Wildman–Crippen LogP) is 1.75. The number of rotatable bonds is 3. The minimum Gasteiger partial charge on any atom is -0.265 e. The lowest BCUT2D eigenvalue weighted by molar-refractivity contribution is 0.0949. The average molecular weight is 264 g/mol. The summed E-state index contributed by atoms with van der Waals surface area (Å²) in [7, 11) is 0. The maximum atomic E-state index is 13.2. The second-order valence-corrected chi connectivity index (χ2v) is 4.36. The fourth-order valence-electron chi connectivity index (χ4n) is 1.23. The standard InChI is InChI=1S/C11H9FN4OS/c1-7-10(14-16-18-7)11(17)15-13-6-8-4-2-3-5-9(8)12/h2-6H,1H3,(H,15,17)/b13-6-. The van der Waals surface area contributed by atoms with Gasteiger partial charge in [0.1, 0.15) is 5.82 Å². The van der Waals surface area contributed by atoms with Gasteiger partial charge in [-0.05, 0) is 24.5 Å². The minimum atomic E-state index is -0.464. The molecule has 1 amide bonds. The van der Waals surface area contributed by atoms with Gasteiger partial charge in [-0.1, -0.05) is 22.7 Å². The van der Waals surface area contributed by atoms with E-state index in [1.807, 2.05) is 0 Å². The average Bonchev–Trinajstić information content (AvgIpc) is 2.78. The van der Waals surface area contributed by atoms with Crippen molar-refractivity contribution in [2.45, 2.75) is 6.92 Å². The van der Waals surface area contributed by atoms with Gasteiger partial charge in [0.05, 0.1) is 11.1 Å². The number of hydrogen-bond acceptors (Lipinski definition) is 5. The quantitative estimate of drug-likeness (QED) is 0.678. The number of nitrogens with zero attached hydrogens (tertiary/aromatic N) is 3. The predicted molar refractivity (Wildman–Crippen MR) is 66.1 cm³/mol. The van der Waals surface area contributed by atoms with Crippen LogP contribution < -0.4 is 5.43 Å². The molecule has 0 aliphatic carbocycles. The Hall–Kier alpha value is -2.15. The number of amides is 1. The van der Waals surface area contributed by atoms with E-state index in [4.69, 9.17) is 0 Å². The SMILES string of the molecule is Cc1snnc1C(=O)N/N=C\c1ccccc1F. The van der Waals surface area contributed by atoms with Crippen molar-refractivity contribution in [1.29, 1.82) is 0 Å².